The number of anilines is 1. The Morgan fingerprint density at radius 2 is 1.63 bits per heavy atom. The van der Waals surface area contributed by atoms with Crippen molar-refractivity contribution >= 4 is 53.1 Å². The third-order valence-electron chi connectivity index (χ3n) is 12.1. The van der Waals surface area contributed by atoms with Crippen molar-refractivity contribution < 1.29 is 60.7 Å². The summed E-state index contributed by atoms with van der Waals surface area (Å²) in [6.07, 6.45) is 0.0316. The lowest BCUT2D eigenvalue weighted by Crippen LogP contribution is -2.54. The van der Waals surface area contributed by atoms with Gasteiger partial charge in [-0.1, -0.05) is 56.0 Å². The molecule has 1 unspecified atom stereocenters. The molecule has 1 spiro atoms. The minimum Gasteiger partial charge on any atom is -0.427 e. The van der Waals surface area contributed by atoms with Crippen LogP contribution in [-0.4, -0.2) is 86.9 Å². The van der Waals surface area contributed by atoms with Gasteiger partial charge in [0.1, 0.15) is 24.4 Å². The molecule has 0 bridgehead atoms. The fourth-order valence-electron chi connectivity index (χ4n) is 8.69. The molecule has 3 heterocycles. The van der Waals surface area contributed by atoms with E-state index in [2.05, 4.69) is 10.6 Å². The summed E-state index contributed by atoms with van der Waals surface area (Å²) in [6, 6.07) is 11.1. The largest absolute Gasteiger partial charge is 0.427 e. The summed E-state index contributed by atoms with van der Waals surface area (Å²) in [4.78, 5) is 105. The Balaban J connectivity index is 0.855. The van der Waals surface area contributed by atoms with E-state index in [-0.39, 0.29) is 49.1 Å². The number of benzene rings is 3. The van der Waals surface area contributed by atoms with Crippen molar-refractivity contribution in [1.82, 2.24) is 20.0 Å². The SMILES string of the molecule is C[C@H](N(Cc1ccc(F)cc1)C(=O)CN1C(=O)O[C@@]2(CCc3cc(NC(=O)CCCCCCCCc4cccc5c4C(=O)N(C4CCC(=O)NC4=O)C5=O)ccc32)C1=O)C(F)(F)F. The quantitative estimate of drug-likeness (QED) is 0.0958. The smallest absolute Gasteiger partial charge is 0.418 e. The number of imide groups is 3. The van der Waals surface area contributed by atoms with E-state index >= 15 is 0 Å². The van der Waals surface area contributed by atoms with E-state index in [1.165, 1.54) is 12.1 Å². The Bertz CT molecular complexity index is 2370. The minimum atomic E-state index is -4.83. The second-order valence-electron chi connectivity index (χ2n) is 16.3. The van der Waals surface area contributed by atoms with E-state index in [0.717, 1.165) is 61.6 Å². The first-order chi connectivity index (χ1) is 30.0. The van der Waals surface area contributed by atoms with Gasteiger partial charge in [0.25, 0.3) is 17.7 Å². The predicted octanol–water partition coefficient (Wildman–Crippen LogP) is 6.24. The molecule has 0 aromatic heterocycles. The van der Waals surface area contributed by atoms with Crippen LogP contribution in [0.3, 0.4) is 0 Å². The third-order valence-corrected chi connectivity index (χ3v) is 12.1. The number of ether oxygens (including phenoxy) is 1. The number of carbonyl (C=O) groups excluding carboxylic acids is 8. The standard InChI is InChI=1S/C45H45F4N5O9/c1-26(45(47,48)49)52(24-27-13-15-30(46)16-14-27)37(57)25-53-42(61)44(63-43(53)62)22-21-29-23-31(17-18-33(29)44)50-35(55)12-7-5-3-2-4-6-9-28-10-8-11-32-38(28)41(60)54(40(32)59)34-19-20-36(56)51-39(34)58/h8,10-11,13-18,23,26,34H,2-7,9,12,19-22,24-25H2,1H3,(H,50,55)(H,51,56,58)/t26-,34?,44+/m0/s1. The number of unbranched alkanes of at least 4 members (excludes halogenated alkanes) is 5. The van der Waals surface area contributed by atoms with Gasteiger partial charge in [0.15, 0.2) is 0 Å². The molecule has 18 heteroatoms. The van der Waals surface area contributed by atoms with Gasteiger partial charge < -0.3 is 15.0 Å². The van der Waals surface area contributed by atoms with Crippen molar-refractivity contribution in [1.29, 1.82) is 0 Å². The first kappa shape index (κ1) is 44.6. The maximum Gasteiger partial charge on any atom is 0.418 e. The number of alkyl halides is 3. The summed E-state index contributed by atoms with van der Waals surface area (Å²) in [7, 11) is 0. The highest BCUT2D eigenvalue weighted by Gasteiger charge is 2.59. The lowest BCUT2D eigenvalue weighted by atomic mass is 9.94. The van der Waals surface area contributed by atoms with E-state index in [9.17, 15) is 55.9 Å². The first-order valence-electron chi connectivity index (χ1n) is 20.9. The summed E-state index contributed by atoms with van der Waals surface area (Å²) in [5.41, 5.74) is 1.16. The highest BCUT2D eigenvalue weighted by Crippen LogP contribution is 2.46. The van der Waals surface area contributed by atoms with E-state index in [4.69, 9.17) is 4.74 Å². The van der Waals surface area contributed by atoms with Crippen molar-refractivity contribution in [2.45, 2.75) is 114 Å². The van der Waals surface area contributed by atoms with Crippen LogP contribution in [0.1, 0.15) is 114 Å². The molecule has 14 nitrogen and oxygen atoms in total. The summed E-state index contributed by atoms with van der Waals surface area (Å²) in [6.45, 7) is -0.775. The normalized spacial score (nSPS) is 19.9. The van der Waals surface area contributed by atoms with Crippen LogP contribution in [0.4, 0.5) is 28.0 Å². The highest BCUT2D eigenvalue weighted by atomic mass is 19.4. The van der Waals surface area contributed by atoms with Crippen LogP contribution in [0.15, 0.2) is 60.7 Å². The monoisotopic (exact) mass is 875 g/mol. The Morgan fingerprint density at radius 1 is 0.921 bits per heavy atom. The van der Waals surface area contributed by atoms with E-state index in [1.54, 1.807) is 36.4 Å². The number of carbonyl (C=O) groups is 8. The fraction of sp³-hybridized carbons (Fsp3) is 0.422. The average Bonchev–Trinajstić information content (AvgIpc) is 3.81. The predicted molar refractivity (Wildman–Crippen MR) is 215 cm³/mol. The maximum atomic E-state index is 13.8. The molecule has 1 aliphatic carbocycles. The van der Waals surface area contributed by atoms with Gasteiger partial charge in [-0.25, -0.2) is 14.1 Å². The molecular formula is C45H45F4N5O9. The number of rotatable bonds is 16. The van der Waals surface area contributed by atoms with Crippen LogP contribution >= 0.6 is 0 Å². The van der Waals surface area contributed by atoms with Crippen LogP contribution in [0, 0.1) is 5.82 Å². The number of nitrogens with one attached hydrogen (secondary N) is 2. The summed E-state index contributed by atoms with van der Waals surface area (Å²) in [5.74, 6) is -5.03. The summed E-state index contributed by atoms with van der Waals surface area (Å²) >= 11 is 0. The first-order valence-corrected chi connectivity index (χ1v) is 20.9. The Kier molecular flexibility index (Phi) is 12.8. The third kappa shape index (κ3) is 9.20. The Morgan fingerprint density at radius 3 is 2.35 bits per heavy atom. The number of aryl methyl sites for hydroxylation is 2. The number of hydrogen-bond acceptors (Lipinski definition) is 9. The molecule has 2 fully saturated rings. The molecule has 0 radical (unpaired) electrons. The molecule has 3 aliphatic heterocycles. The van der Waals surface area contributed by atoms with Crippen LogP contribution in [-0.2, 0) is 53.7 Å². The second kappa shape index (κ2) is 18.1. The second-order valence-corrected chi connectivity index (χ2v) is 16.3. The fourth-order valence-corrected chi connectivity index (χ4v) is 8.69. The highest BCUT2D eigenvalue weighted by molar-refractivity contribution is 6.24. The van der Waals surface area contributed by atoms with Crippen molar-refractivity contribution in [3.8, 4) is 0 Å². The zero-order valence-electron chi connectivity index (χ0n) is 34.4. The molecule has 4 aliphatic rings. The Labute approximate surface area is 359 Å². The number of fused-ring (bicyclic) bond motifs is 3. The molecule has 0 saturated carbocycles. The molecule has 2 saturated heterocycles. The van der Waals surface area contributed by atoms with Gasteiger partial charge in [0.2, 0.25) is 29.2 Å². The van der Waals surface area contributed by atoms with Crippen LogP contribution in [0.25, 0.3) is 0 Å². The number of piperidine rings is 1. The van der Waals surface area contributed by atoms with Gasteiger partial charge in [0, 0.05) is 37.1 Å². The van der Waals surface area contributed by atoms with Crippen LogP contribution in [0.2, 0.25) is 0 Å². The van der Waals surface area contributed by atoms with Crippen molar-refractivity contribution in [2.75, 3.05) is 11.9 Å². The topological polar surface area (TPSA) is 180 Å². The van der Waals surface area contributed by atoms with Gasteiger partial charge in [0.05, 0.1) is 11.1 Å². The number of halogens is 4. The molecule has 7 rings (SSSR count). The molecule has 3 atom stereocenters. The van der Waals surface area contributed by atoms with Crippen LogP contribution < -0.4 is 10.6 Å². The van der Waals surface area contributed by atoms with E-state index < -0.39 is 84.3 Å². The zero-order chi connectivity index (χ0) is 45.2. The maximum absolute atomic E-state index is 13.8. The summed E-state index contributed by atoms with van der Waals surface area (Å²) < 4.78 is 60.4. The van der Waals surface area contributed by atoms with Gasteiger partial charge >= 0.3 is 12.3 Å². The minimum absolute atomic E-state index is 0.0295. The van der Waals surface area contributed by atoms with Gasteiger partial charge in [-0.2, -0.15) is 13.2 Å². The zero-order valence-corrected chi connectivity index (χ0v) is 34.4. The molecule has 8 amide bonds. The Hall–Kier alpha value is -6.46. The number of nitrogens with zero attached hydrogens (tertiary/aromatic N) is 3. The van der Waals surface area contributed by atoms with Crippen molar-refractivity contribution in [2.24, 2.45) is 0 Å². The molecule has 63 heavy (non-hydrogen) atoms. The molecular weight excluding hydrogens is 831 g/mol. The summed E-state index contributed by atoms with van der Waals surface area (Å²) in [5, 5.41) is 5.05. The molecule has 2 N–H and O–H groups in total. The molecule has 3 aromatic carbocycles. The van der Waals surface area contributed by atoms with Crippen molar-refractivity contribution in [3.63, 3.8) is 0 Å². The van der Waals surface area contributed by atoms with E-state index in [0.29, 0.717) is 45.0 Å². The molecule has 3 aromatic rings. The number of hydrogen-bond donors (Lipinski definition) is 2. The van der Waals surface area contributed by atoms with Gasteiger partial charge in [-0.15, -0.1) is 0 Å². The van der Waals surface area contributed by atoms with Gasteiger partial charge in [-0.3, -0.25) is 43.8 Å². The van der Waals surface area contributed by atoms with Gasteiger partial charge in [-0.05, 0) is 86.1 Å². The van der Waals surface area contributed by atoms with E-state index in [1.807, 2.05) is 0 Å². The lowest BCUT2D eigenvalue weighted by Gasteiger charge is -2.31. The number of amides is 8. The lowest BCUT2D eigenvalue weighted by molar-refractivity contribution is -0.187. The molecule has 332 valence electrons. The average molecular weight is 876 g/mol. The van der Waals surface area contributed by atoms with Crippen molar-refractivity contribution in [3.05, 3.63) is 99.9 Å². The van der Waals surface area contributed by atoms with Crippen LogP contribution in [0.5, 0.6) is 0 Å².